The zero-order valence-electron chi connectivity index (χ0n) is 15.4. The quantitative estimate of drug-likeness (QED) is 0.292. The van der Waals surface area contributed by atoms with Crippen molar-refractivity contribution < 1.29 is 4.42 Å². The topological polar surface area (TPSA) is 13.1 Å². The minimum absolute atomic E-state index is 0.285. The Morgan fingerprint density at radius 2 is 1.29 bits per heavy atom. The van der Waals surface area contributed by atoms with Crippen LogP contribution in [0.4, 0.5) is 0 Å². The van der Waals surface area contributed by atoms with E-state index in [1.54, 1.807) is 0 Å². The number of para-hydroxylation sites is 1. The minimum atomic E-state index is -0.285. The predicted octanol–water partition coefficient (Wildman–Crippen LogP) is 7.57. The van der Waals surface area contributed by atoms with E-state index in [0.29, 0.717) is 0 Å². The molecular weight excluding hydrogens is 364 g/mol. The Morgan fingerprint density at radius 1 is 0.679 bits per heavy atom. The third kappa shape index (κ3) is 1.87. The molecule has 0 bridgehead atoms. The van der Waals surface area contributed by atoms with Crippen molar-refractivity contribution in [2.45, 2.75) is 12.3 Å². The SMILES string of the molecule is CC1(c2cccc3c2oc2cccc(Cl)c23)c2ccccc2-c2ccccc21. The van der Waals surface area contributed by atoms with E-state index in [-0.39, 0.29) is 5.41 Å². The van der Waals surface area contributed by atoms with Crippen molar-refractivity contribution in [2.24, 2.45) is 0 Å². The number of hydrogen-bond donors (Lipinski definition) is 0. The lowest BCUT2D eigenvalue weighted by molar-refractivity contribution is 0.638. The second-order valence-corrected chi connectivity index (χ2v) is 8.02. The predicted molar refractivity (Wildman–Crippen MR) is 116 cm³/mol. The summed E-state index contributed by atoms with van der Waals surface area (Å²) in [6, 6.07) is 29.7. The van der Waals surface area contributed by atoms with Crippen LogP contribution in [0.3, 0.4) is 0 Å². The van der Waals surface area contributed by atoms with E-state index in [1.807, 2.05) is 18.2 Å². The Hall–Kier alpha value is -3.03. The highest BCUT2D eigenvalue weighted by atomic mass is 35.5. The lowest BCUT2D eigenvalue weighted by Crippen LogP contribution is -2.22. The molecule has 0 saturated heterocycles. The fourth-order valence-corrected chi connectivity index (χ4v) is 5.21. The van der Waals surface area contributed by atoms with Crippen molar-refractivity contribution in [3.63, 3.8) is 0 Å². The summed E-state index contributed by atoms with van der Waals surface area (Å²) in [6.07, 6.45) is 0. The number of fused-ring (bicyclic) bond motifs is 6. The van der Waals surface area contributed by atoms with Gasteiger partial charge in [-0.25, -0.2) is 0 Å². The Labute approximate surface area is 168 Å². The molecule has 0 N–H and O–H groups in total. The number of benzene rings is 4. The molecule has 0 atom stereocenters. The first-order chi connectivity index (χ1) is 13.7. The monoisotopic (exact) mass is 380 g/mol. The van der Waals surface area contributed by atoms with Crippen LogP contribution in [-0.4, -0.2) is 0 Å². The lowest BCUT2D eigenvalue weighted by atomic mass is 9.74. The summed E-state index contributed by atoms with van der Waals surface area (Å²) in [5.41, 5.74) is 7.86. The van der Waals surface area contributed by atoms with Crippen molar-refractivity contribution in [2.75, 3.05) is 0 Å². The third-order valence-corrected chi connectivity index (χ3v) is 6.55. The Kier molecular flexibility index (Phi) is 3.14. The van der Waals surface area contributed by atoms with Gasteiger partial charge < -0.3 is 4.42 Å². The second-order valence-electron chi connectivity index (χ2n) is 7.61. The Bertz CT molecular complexity index is 1350. The minimum Gasteiger partial charge on any atom is -0.456 e. The van der Waals surface area contributed by atoms with Crippen molar-refractivity contribution >= 4 is 33.5 Å². The molecule has 4 aromatic carbocycles. The van der Waals surface area contributed by atoms with Crippen LogP contribution in [0.5, 0.6) is 0 Å². The van der Waals surface area contributed by atoms with E-state index in [2.05, 4.69) is 73.7 Å². The summed E-state index contributed by atoms with van der Waals surface area (Å²) >= 11 is 6.53. The summed E-state index contributed by atoms with van der Waals surface area (Å²) in [5.74, 6) is 0. The molecular formula is C26H17ClO. The molecule has 1 heterocycles. The Balaban J connectivity index is 1.77. The number of hydrogen-bond acceptors (Lipinski definition) is 1. The van der Waals surface area contributed by atoms with Crippen LogP contribution in [0.15, 0.2) is 89.3 Å². The number of furan rings is 1. The molecule has 28 heavy (non-hydrogen) atoms. The highest BCUT2D eigenvalue weighted by Gasteiger charge is 2.42. The van der Waals surface area contributed by atoms with Crippen molar-refractivity contribution in [3.05, 3.63) is 107 Å². The van der Waals surface area contributed by atoms with Gasteiger partial charge in [0.1, 0.15) is 11.2 Å². The smallest absolute Gasteiger partial charge is 0.139 e. The van der Waals surface area contributed by atoms with Crippen molar-refractivity contribution in [3.8, 4) is 11.1 Å². The summed E-state index contributed by atoms with van der Waals surface area (Å²) in [6.45, 7) is 2.31. The normalized spacial score (nSPS) is 14.4. The first kappa shape index (κ1) is 16.0. The Morgan fingerprint density at radius 3 is 2.00 bits per heavy atom. The van der Waals surface area contributed by atoms with Crippen LogP contribution in [-0.2, 0) is 5.41 Å². The molecule has 0 fully saturated rings. The molecule has 1 aliphatic rings. The summed E-state index contributed by atoms with van der Waals surface area (Å²) in [4.78, 5) is 0. The molecule has 1 aromatic heterocycles. The molecule has 2 heteroatoms. The van der Waals surface area contributed by atoms with Gasteiger partial charge >= 0.3 is 0 Å². The van der Waals surface area contributed by atoms with Gasteiger partial charge in [-0.3, -0.25) is 0 Å². The molecule has 0 unspecified atom stereocenters. The molecule has 1 nitrogen and oxygen atoms in total. The van der Waals surface area contributed by atoms with Crippen molar-refractivity contribution in [1.82, 2.24) is 0 Å². The maximum Gasteiger partial charge on any atom is 0.139 e. The largest absolute Gasteiger partial charge is 0.456 e. The van der Waals surface area contributed by atoms with Crippen LogP contribution in [0.2, 0.25) is 5.02 Å². The maximum absolute atomic E-state index is 6.53. The molecule has 0 amide bonds. The molecule has 1 aliphatic carbocycles. The van der Waals surface area contributed by atoms with E-state index in [0.717, 1.165) is 27.0 Å². The fraction of sp³-hybridized carbons (Fsp3) is 0.0769. The van der Waals surface area contributed by atoms with Gasteiger partial charge in [0.25, 0.3) is 0 Å². The van der Waals surface area contributed by atoms with Gasteiger partial charge in [0.05, 0.1) is 5.02 Å². The van der Waals surface area contributed by atoms with Gasteiger partial charge in [-0.15, -0.1) is 0 Å². The molecule has 0 radical (unpaired) electrons. The number of halogens is 1. The van der Waals surface area contributed by atoms with E-state index >= 15 is 0 Å². The van der Waals surface area contributed by atoms with Crippen LogP contribution in [0, 0.1) is 0 Å². The van der Waals surface area contributed by atoms with Crippen LogP contribution in [0.1, 0.15) is 23.6 Å². The highest BCUT2D eigenvalue weighted by Crippen LogP contribution is 2.54. The second kappa shape index (κ2) is 5.50. The van der Waals surface area contributed by atoms with Gasteiger partial charge in [0.15, 0.2) is 0 Å². The zero-order valence-corrected chi connectivity index (χ0v) is 16.1. The molecule has 0 saturated carbocycles. The standard InChI is InChI=1S/C26H17ClO/c1-26(19-11-4-2-8-16(19)17-9-3-5-12-20(17)26)21-13-6-10-18-24-22(27)14-7-15-23(24)28-25(18)21/h2-15H,1H3. The summed E-state index contributed by atoms with van der Waals surface area (Å²) < 4.78 is 6.39. The summed E-state index contributed by atoms with van der Waals surface area (Å²) in [5, 5.41) is 2.79. The van der Waals surface area contributed by atoms with Gasteiger partial charge in [-0.2, -0.15) is 0 Å². The van der Waals surface area contributed by atoms with Gasteiger partial charge in [0, 0.05) is 21.8 Å². The maximum atomic E-state index is 6.53. The van der Waals surface area contributed by atoms with E-state index < -0.39 is 0 Å². The number of rotatable bonds is 1. The van der Waals surface area contributed by atoms with Gasteiger partial charge in [0.2, 0.25) is 0 Å². The molecule has 5 aromatic rings. The molecule has 0 spiro atoms. The van der Waals surface area contributed by atoms with Crippen LogP contribution in [0.25, 0.3) is 33.1 Å². The lowest BCUT2D eigenvalue weighted by Gasteiger charge is -2.28. The van der Waals surface area contributed by atoms with Crippen LogP contribution < -0.4 is 0 Å². The average molecular weight is 381 g/mol. The van der Waals surface area contributed by atoms with Crippen molar-refractivity contribution in [1.29, 1.82) is 0 Å². The van der Waals surface area contributed by atoms with Crippen LogP contribution >= 0.6 is 11.6 Å². The molecule has 0 aliphatic heterocycles. The van der Waals surface area contributed by atoms with Gasteiger partial charge in [-0.1, -0.05) is 84.4 Å². The fourth-order valence-electron chi connectivity index (χ4n) is 4.94. The highest BCUT2D eigenvalue weighted by molar-refractivity contribution is 6.37. The third-order valence-electron chi connectivity index (χ3n) is 6.23. The zero-order chi connectivity index (χ0) is 18.9. The summed E-state index contributed by atoms with van der Waals surface area (Å²) in [7, 11) is 0. The first-order valence-electron chi connectivity index (χ1n) is 9.49. The van der Waals surface area contributed by atoms with E-state index in [1.165, 1.54) is 27.8 Å². The first-order valence-corrected chi connectivity index (χ1v) is 9.87. The van der Waals surface area contributed by atoms with E-state index in [9.17, 15) is 0 Å². The molecule has 134 valence electrons. The van der Waals surface area contributed by atoms with Gasteiger partial charge in [-0.05, 0) is 41.3 Å². The van der Waals surface area contributed by atoms with E-state index in [4.69, 9.17) is 16.0 Å². The average Bonchev–Trinajstić information content (AvgIpc) is 3.24. The molecule has 6 rings (SSSR count).